The third-order valence-electron chi connectivity index (χ3n) is 4.66. The van der Waals surface area contributed by atoms with E-state index in [1.165, 1.54) is 24.1 Å². The standard InChI is InChI=1S/C18H23N3O/c1-2-5-15(6-3-1)13-20-9-11-21(12-10-20)17-8-4-7-16-18(17)22-14-19-16/h2,4-8,19H,1,3,9-14H2. The summed E-state index contributed by atoms with van der Waals surface area (Å²) in [5.74, 6) is 1.02. The van der Waals surface area contributed by atoms with Crippen LogP contribution in [0.25, 0.3) is 0 Å². The van der Waals surface area contributed by atoms with Crippen LogP contribution >= 0.6 is 0 Å². The number of anilines is 2. The fourth-order valence-corrected chi connectivity index (χ4v) is 3.44. The Hall–Kier alpha value is -1.94. The lowest BCUT2D eigenvalue weighted by Crippen LogP contribution is -2.47. The normalized spacial score (nSPS) is 21.1. The first-order valence-electron chi connectivity index (χ1n) is 8.23. The Bertz CT molecular complexity index is 600. The van der Waals surface area contributed by atoms with E-state index in [-0.39, 0.29) is 0 Å². The Kier molecular flexibility index (Phi) is 3.77. The van der Waals surface area contributed by atoms with E-state index in [0.29, 0.717) is 6.73 Å². The molecule has 4 nitrogen and oxygen atoms in total. The van der Waals surface area contributed by atoms with Gasteiger partial charge in [0.25, 0.3) is 0 Å². The van der Waals surface area contributed by atoms with Crippen molar-refractivity contribution < 1.29 is 4.74 Å². The van der Waals surface area contributed by atoms with Gasteiger partial charge in [-0.25, -0.2) is 0 Å². The van der Waals surface area contributed by atoms with Crippen molar-refractivity contribution in [3.05, 3.63) is 42.0 Å². The zero-order valence-electron chi connectivity index (χ0n) is 12.9. The van der Waals surface area contributed by atoms with Crippen molar-refractivity contribution in [3.63, 3.8) is 0 Å². The first-order chi connectivity index (χ1) is 10.9. The summed E-state index contributed by atoms with van der Waals surface area (Å²) >= 11 is 0. The topological polar surface area (TPSA) is 27.7 Å². The molecule has 0 bridgehead atoms. The van der Waals surface area contributed by atoms with Crippen molar-refractivity contribution in [2.75, 3.05) is 49.7 Å². The molecular weight excluding hydrogens is 274 g/mol. The number of hydrogen-bond donors (Lipinski definition) is 1. The van der Waals surface area contributed by atoms with Crippen LogP contribution in [0.5, 0.6) is 5.75 Å². The van der Waals surface area contributed by atoms with Crippen molar-refractivity contribution in [2.24, 2.45) is 0 Å². The van der Waals surface area contributed by atoms with Gasteiger partial charge in [0.05, 0.1) is 11.4 Å². The van der Waals surface area contributed by atoms with Gasteiger partial charge in [0.1, 0.15) is 0 Å². The van der Waals surface area contributed by atoms with Gasteiger partial charge in [-0.15, -0.1) is 0 Å². The van der Waals surface area contributed by atoms with E-state index in [1.54, 1.807) is 0 Å². The van der Waals surface area contributed by atoms with Crippen LogP contribution in [0.1, 0.15) is 12.8 Å². The van der Waals surface area contributed by atoms with Gasteiger partial charge in [-0.1, -0.05) is 24.3 Å². The van der Waals surface area contributed by atoms with Crippen LogP contribution in [-0.2, 0) is 0 Å². The molecule has 1 aromatic rings. The molecule has 0 aromatic heterocycles. The monoisotopic (exact) mass is 297 g/mol. The predicted molar refractivity (Wildman–Crippen MR) is 90.7 cm³/mol. The van der Waals surface area contributed by atoms with Gasteiger partial charge in [-0.2, -0.15) is 0 Å². The number of ether oxygens (including phenoxy) is 1. The molecule has 0 amide bonds. The van der Waals surface area contributed by atoms with E-state index in [4.69, 9.17) is 4.74 Å². The first kappa shape index (κ1) is 13.7. The molecule has 4 rings (SSSR count). The summed E-state index contributed by atoms with van der Waals surface area (Å²) < 4.78 is 5.75. The average molecular weight is 297 g/mol. The SMILES string of the molecule is C1=CC(CN2CCN(c3cccc4c3OCN4)CC2)=CCC1. The van der Waals surface area contributed by atoms with Crippen LogP contribution < -0.4 is 15.0 Å². The average Bonchev–Trinajstić information content (AvgIpc) is 3.05. The Morgan fingerprint density at radius 1 is 1.09 bits per heavy atom. The molecular formula is C18H23N3O. The maximum absolute atomic E-state index is 5.75. The second-order valence-electron chi connectivity index (χ2n) is 6.14. The van der Waals surface area contributed by atoms with E-state index in [2.05, 4.69) is 51.5 Å². The molecule has 0 saturated carbocycles. The van der Waals surface area contributed by atoms with Crippen LogP contribution in [-0.4, -0.2) is 44.4 Å². The number of benzene rings is 1. The molecule has 1 saturated heterocycles. The summed E-state index contributed by atoms with van der Waals surface area (Å²) in [4.78, 5) is 5.01. The number of rotatable bonds is 3. The number of fused-ring (bicyclic) bond motifs is 1. The minimum Gasteiger partial charge on any atom is -0.469 e. The zero-order valence-corrected chi connectivity index (χ0v) is 12.9. The van der Waals surface area contributed by atoms with Crippen molar-refractivity contribution in [1.29, 1.82) is 0 Å². The highest BCUT2D eigenvalue weighted by atomic mass is 16.5. The third-order valence-corrected chi connectivity index (χ3v) is 4.66. The van der Waals surface area contributed by atoms with Gasteiger partial charge >= 0.3 is 0 Å². The Morgan fingerprint density at radius 2 is 2.00 bits per heavy atom. The van der Waals surface area contributed by atoms with Gasteiger partial charge < -0.3 is 15.0 Å². The minimum atomic E-state index is 0.590. The van der Waals surface area contributed by atoms with E-state index < -0.39 is 0 Å². The van der Waals surface area contributed by atoms with Gasteiger partial charge in [-0.3, -0.25) is 4.90 Å². The molecule has 0 unspecified atom stereocenters. The molecule has 2 heterocycles. The zero-order chi connectivity index (χ0) is 14.8. The van der Waals surface area contributed by atoms with Crippen LogP contribution in [0.4, 0.5) is 11.4 Å². The van der Waals surface area contributed by atoms with Crippen molar-refractivity contribution in [2.45, 2.75) is 12.8 Å². The molecule has 4 heteroatoms. The fourth-order valence-electron chi connectivity index (χ4n) is 3.44. The third kappa shape index (κ3) is 2.71. The highest BCUT2D eigenvalue weighted by Crippen LogP contribution is 2.39. The predicted octanol–water partition coefficient (Wildman–Crippen LogP) is 2.85. The van der Waals surface area contributed by atoms with Crippen LogP contribution in [0.2, 0.25) is 0 Å². The highest BCUT2D eigenvalue weighted by molar-refractivity contribution is 5.74. The fraction of sp³-hybridized carbons (Fsp3) is 0.444. The maximum atomic E-state index is 5.75. The second-order valence-corrected chi connectivity index (χ2v) is 6.14. The lowest BCUT2D eigenvalue weighted by Gasteiger charge is -2.36. The number of allylic oxidation sites excluding steroid dienone is 2. The molecule has 0 radical (unpaired) electrons. The van der Waals surface area contributed by atoms with E-state index in [0.717, 1.165) is 44.2 Å². The molecule has 0 spiro atoms. The quantitative estimate of drug-likeness (QED) is 0.928. The molecule has 2 aliphatic heterocycles. The molecule has 1 aliphatic carbocycles. The second kappa shape index (κ2) is 6.05. The van der Waals surface area contributed by atoms with Crippen molar-refractivity contribution >= 4 is 11.4 Å². The molecule has 1 fully saturated rings. The lowest BCUT2D eigenvalue weighted by molar-refractivity contribution is 0.278. The van der Waals surface area contributed by atoms with E-state index in [9.17, 15) is 0 Å². The highest BCUT2D eigenvalue weighted by Gasteiger charge is 2.23. The lowest BCUT2D eigenvalue weighted by atomic mass is 10.1. The number of hydrogen-bond acceptors (Lipinski definition) is 4. The Balaban J connectivity index is 1.39. The smallest absolute Gasteiger partial charge is 0.168 e. The van der Waals surface area contributed by atoms with Crippen LogP contribution in [0.3, 0.4) is 0 Å². The summed E-state index contributed by atoms with van der Waals surface area (Å²) in [6.07, 6.45) is 9.37. The molecule has 1 N–H and O–H groups in total. The van der Waals surface area contributed by atoms with E-state index in [1.807, 2.05) is 0 Å². The molecule has 1 aromatic carbocycles. The Morgan fingerprint density at radius 3 is 2.82 bits per heavy atom. The van der Waals surface area contributed by atoms with Gasteiger partial charge in [0, 0.05) is 32.7 Å². The van der Waals surface area contributed by atoms with Gasteiger partial charge in [0.15, 0.2) is 12.5 Å². The van der Waals surface area contributed by atoms with Crippen molar-refractivity contribution in [1.82, 2.24) is 4.90 Å². The summed E-state index contributed by atoms with van der Waals surface area (Å²) in [6, 6.07) is 6.37. The van der Waals surface area contributed by atoms with Crippen LogP contribution in [0, 0.1) is 0 Å². The summed E-state index contributed by atoms with van der Waals surface area (Å²) in [5, 5.41) is 3.27. The number of nitrogens with one attached hydrogen (secondary N) is 1. The van der Waals surface area contributed by atoms with E-state index >= 15 is 0 Å². The van der Waals surface area contributed by atoms with Crippen molar-refractivity contribution in [3.8, 4) is 5.75 Å². The summed E-state index contributed by atoms with van der Waals surface area (Å²) in [5.41, 5.74) is 3.84. The molecule has 3 aliphatic rings. The summed E-state index contributed by atoms with van der Waals surface area (Å²) in [7, 11) is 0. The molecule has 116 valence electrons. The molecule has 0 atom stereocenters. The number of nitrogens with zero attached hydrogens (tertiary/aromatic N) is 2. The minimum absolute atomic E-state index is 0.590. The molecule has 22 heavy (non-hydrogen) atoms. The van der Waals surface area contributed by atoms with Crippen LogP contribution in [0.15, 0.2) is 42.0 Å². The maximum Gasteiger partial charge on any atom is 0.168 e. The number of para-hydroxylation sites is 1. The first-order valence-corrected chi connectivity index (χ1v) is 8.23. The largest absolute Gasteiger partial charge is 0.469 e. The number of piperazine rings is 1. The van der Waals surface area contributed by atoms with Gasteiger partial charge in [-0.05, 0) is 30.5 Å². The van der Waals surface area contributed by atoms with Gasteiger partial charge in [0.2, 0.25) is 0 Å². The summed E-state index contributed by atoms with van der Waals surface area (Å²) in [6.45, 7) is 6.04. The Labute approximate surface area is 132 Å².